The Morgan fingerprint density at radius 1 is 1.17 bits per heavy atom. The maximum atomic E-state index is 14.6. The van der Waals surface area contributed by atoms with Crippen LogP contribution in [0, 0.1) is 17.6 Å². The summed E-state index contributed by atoms with van der Waals surface area (Å²) in [6.45, 7) is 1.93. The Balaban J connectivity index is 1.62. The molecule has 1 aromatic carbocycles. The van der Waals surface area contributed by atoms with Gasteiger partial charge in [0.15, 0.2) is 17.4 Å². The van der Waals surface area contributed by atoms with E-state index in [-0.39, 0.29) is 23.0 Å². The first-order valence-electron chi connectivity index (χ1n) is 9.98. The SMILES string of the molecule is COc1c(F)ccc(C(=O)N2C[C@@H]3C[C@H](C2)c2ccc(CN(C)C)c(=O)n2C3)c1F. The summed E-state index contributed by atoms with van der Waals surface area (Å²) in [6, 6.07) is 6.03. The second-order valence-corrected chi connectivity index (χ2v) is 8.39. The summed E-state index contributed by atoms with van der Waals surface area (Å²) in [4.78, 5) is 29.5. The van der Waals surface area contributed by atoms with Gasteiger partial charge in [0.1, 0.15) is 0 Å². The zero-order chi connectivity index (χ0) is 21.6. The normalized spacial score (nSPS) is 20.3. The van der Waals surface area contributed by atoms with Crippen LogP contribution in [0.3, 0.4) is 0 Å². The van der Waals surface area contributed by atoms with Crippen molar-refractivity contribution in [3.63, 3.8) is 0 Å². The van der Waals surface area contributed by atoms with Gasteiger partial charge in [-0.05, 0) is 44.6 Å². The van der Waals surface area contributed by atoms with E-state index in [0.29, 0.717) is 26.2 Å². The highest BCUT2D eigenvalue weighted by atomic mass is 19.1. The summed E-state index contributed by atoms with van der Waals surface area (Å²) in [5.41, 5.74) is 1.47. The number of rotatable bonds is 4. The van der Waals surface area contributed by atoms with E-state index in [1.807, 2.05) is 35.7 Å². The third-order valence-corrected chi connectivity index (χ3v) is 5.94. The molecular formula is C22H25F2N3O3. The van der Waals surface area contributed by atoms with E-state index < -0.39 is 23.3 Å². The molecule has 160 valence electrons. The molecule has 1 fully saturated rings. The van der Waals surface area contributed by atoms with Crippen LogP contribution in [0.1, 0.15) is 34.0 Å². The number of aromatic nitrogens is 1. The van der Waals surface area contributed by atoms with Gasteiger partial charge in [-0.3, -0.25) is 9.59 Å². The summed E-state index contributed by atoms with van der Waals surface area (Å²) in [6.07, 6.45) is 0.880. The van der Waals surface area contributed by atoms with Crippen molar-refractivity contribution >= 4 is 5.91 Å². The van der Waals surface area contributed by atoms with Crippen LogP contribution in [0.4, 0.5) is 8.78 Å². The number of pyridine rings is 1. The summed E-state index contributed by atoms with van der Waals surface area (Å²) in [7, 11) is 5.01. The zero-order valence-corrected chi connectivity index (χ0v) is 17.3. The Kier molecular flexibility index (Phi) is 5.36. The molecule has 1 aromatic heterocycles. The van der Waals surface area contributed by atoms with Crippen molar-refractivity contribution < 1.29 is 18.3 Å². The Hall–Kier alpha value is -2.74. The number of ether oxygens (including phenoxy) is 1. The highest BCUT2D eigenvalue weighted by molar-refractivity contribution is 5.95. The monoisotopic (exact) mass is 417 g/mol. The third-order valence-electron chi connectivity index (χ3n) is 5.94. The maximum absolute atomic E-state index is 14.6. The molecule has 0 spiro atoms. The first-order valence-corrected chi connectivity index (χ1v) is 9.98. The van der Waals surface area contributed by atoms with Crippen LogP contribution in [0.25, 0.3) is 0 Å². The standard InChI is InChI=1S/C22H25F2N3O3/c1-25(2)11-14-4-7-18-15-8-13(10-27(18)21(14)28)9-26(12-15)22(29)16-5-6-17(23)20(30-3)19(16)24/h4-7,13,15H,8-12H2,1-3H3/t13-,15+/m0/s1. The van der Waals surface area contributed by atoms with Crippen LogP contribution in [-0.2, 0) is 13.1 Å². The van der Waals surface area contributed by atoms with Crippen molar-refractivity contribution in [2.24, 2.45) is 5.92 Å². The van der Waals surface area contributed by atoms with E-state index in [4.69, 9.17) is 4.74 Å². The van der Waals surface area contributed by atoms with Gasteiger partial charge in [-0.2, -0.15) is 0 Å². The fourth-order valence-electron chi connectivity index (χ4n) is 4.67. The van der Waals surface area contributed by atoms with Crippen LogP contribution in [0.2, 0.25) is 0 Å². The molecule has 3 heterocycles. The minimum Gasteiger partial charge on any atom is -0.491 e. The number of amides is 1. The average Bonchev–Trinajstić information content (AvgIpc) is 2.70. The first kappa shape index (κ1) is 20.5. The summed E-state index contributed by atoms with van der Waals surface area (Å²) >= 11 is 0. The first-order chi connectivity index (χ1) is 14.3. The van der Waals surface area contributed by atoms with Gasteiger partial charge in [0, 0.05) is 43.4 Å². The molecular weight excluding hydrogens is 392 g/mol. The lowest BCUT2D eigenvalue weighted by Gasteiger charge is -2.43. The molecule has 0 saturated carbocycles. The van der Waals surface area contributed by atoms with Gasteiger partial charge >= 0.3 is 0 Å². The number of hydrogen-bond acceptors (Lipinski definition) is 4. The van der Waals surface area contributed by atoms with Crippen LogP contribution in [-0.4, -0.2) is 54.6 Å². The smallest absolute Gasteiger partial charge is 0.257 e. The highest BCUT2D eigenvalue weighted by Gasteiger charge is 2.37. The van der Waals surface area contributed by atoms with Crippen LogP contribution in [0.5, 0.6) is 5.75 Å². The van der Waals surface area contributed by atoms with Crippen molar-refractivity contribution in [3.8, 4) is 5.75 Å². The molecule has 1 amide bonds. The minimum absolute atomic E-state index is 0.00737. The van der Waals surface area contributed by atoms with Crippen molar-refractivity contribution in [1.29, 1.82) is 0 Å². The molecule has 8 heteroatoms. The molecule has 2 aromatic rings. The number of likely N-dealkylation sites (tertiary alicyclic amines) is 1. The number of halogens is 2. The lowest BCUT2D eigenvalue weighted by Crippen LogP contribution is -2.49. The van der Waals surface area contributed by atoms with Crippen molar-refractivity contribution in [2.45, 2.75) is 25.4 Å². The number of benzene rings is 1. The lowest BCUT2D eigenvalue weighted by atomic mass is 9.82. The molecule has 30 heavy (non-hydrogen) atoms. The molecule has 0 radical (unpaired) electrons. The Labute approximate surface area is 173 Å². The quantitative estimate of drug-likeness (QED) is 0.767. The molecule has 2 atom stereocenters. The zero-order valence-electron chi connectivity index (χ0n) is 17.3. The molecule has 0 N–H and O–H groups in total. The second-order valence-electron chi connectivity index (χ2n) is 8.39. The van der Waals surface area contributed by atoms with Crippen LogP contribution >= 0.6 is 0 Å². The molecule has 4 rings (SSSR count). The van der Waals surface area contributed by atoms with E-state index in [0.717, 1.165) is 29.8 Å². The van der Waals surface area contributed by atoms with Gasteiger partial charge in [0.05, 0.1) is 12.7 Å². The van der Waals surface area contributed by atoms with E-state index in [9.17, 15) is 18.4 Å². The molecule has 2 aliphatic heterocycles. The van der Waals surface area contributed by atoms with E-state index in [1.54, 1.807) is 4.90 Å². The van der Waals surface area contributed by atoms with Crippen molar-refractivity contribution in [2.75, 3.05) is 34.3 Å². The Morgan fingerprint density at radius 2 is 1.93 bits per heavy atom. The highest BCUT2D eigenvalue weighted by Crippen LogP contribution is 2.36. The van der Waals surface area contributed by atoms with Crippen molar-refractivity contribution in [3.05, 3.63) is 63.1 Å². The number of nitrogens with zero attached hydrogens (tertiary/aromatic N) is 3. The molecule has 1 saturated heterocycles. The molecule has 0 aliphatic carbocycles. The van der Waals surface area contributed by atoms with E-state index in [2.05, 4.69) is 0 Å². The van der Waals surface area contributed by atoms with Gasteiger partial charge < -0.3 is 19.1 Å². The number of carbonyl (C=O) groups is 1. The van der Waals surface area contributed by atoms with Gasteiger partial charge in [0.2, 0.25) is 0 Å². The second kappa shape index (κ2) is 7.83. The predicted molar refractivity (Wildman–Crippen MR) is 108 cm³/mol. The average molecular weight is 417 g/mol. The summed E-state index contributed by atoms with van der Waals surface area (Å²) < 4.78 is 34.9. The fourth-order valence-corrected chi connectivity index (χ4v) is 4.67. The van der Waals surface area contributed by atoms with E-state index >= 15 is 0 Å². The predicted octanol–water partition coefficient (Wildman–Crippen LogP) is 2.46. The van der Waals surface area contributed by atoms with Gasteiger partial charge in [0.25, 0.3) is 11.5 Å². The number of methoxy groups -OCH3 is 1. The Morgan fingerprint density at radius 3 is 2.63 bits per heavy atom. The van der Waals surface area contributed by atoms with Crippen molar-refractivity contribution in [1.82, 2.24) is 14.4 Å². The summed E-state index contributed by atoms with van der Waals surface area (Å²) in [5, 5.41) is 0. The lowest BCUT2D eigenvalue weighted by molar-refractivity contribution is 0.0588. The van der Waals surface area contributed by atoms with Crippen LogP contribution in [0.15, 0.2) is 29.1 Å². The largest absolute Gasteiger partial charge is 0.491 e. The number of hydrogen-bond donors (Lipinski definition) is 0. The fraction of sp³-hybridized carbons (Fsp3) is 0.455. The number of fused-ring (bicyclic) bond motifs is 4. The number of carbonyl (C=O) groups excluding carboxylic acids is 1. The maximum Gasteiger partial charge on any atom is 0.257 e. The molecule has 0 unspecified atom stereocenters. The molecule has 2 aliphatic rings. The summed E-state index contributed by atoms with van der Waals surface area (Å²) in [5.74, 6) is -2.75. The van der Waals surface area contributed by atoms with Gasteiger partial charge in [-0.15, -0.1) is 0 Å². The van der Waals surface area contributed by atoms with Gasteiger partial charge in [-0.1, -0.05) is 6.07 Å². The Bertz CT molecular complexity index is 1050. The molecule has 6 nitrogen and oxygen atoms in total. The number of piperidine rings is 1. The third kappa shape index (κ3) is 3.49. The van der Waals surface area contributed by atoms with Crippen LogP contribution < -0.4 is 10.3 Å². The molecule has 2 bridgehead atoms. The van der Waals surface area contributed by atoms with Gasteiger partial charge in [-0.25, -0.2) is 8.78 Å². The topological polar surface area (TPSA) is 54.8 Å². The minimum atomic E-state index is -0.983. The van der Waals surface area contributed by atoms with E-state index in [1.165, 1.54) is 7.11 Å².